The van der Waals surface area contributed by atoms with E-state index in [1.54, 1.807) is 26.8 Å². The van der Waals surface area contributed by atoms with E-state index in [2.05, 4.69) is 10.2 Å². The van der Waals surface area contributed by atoms with Crippen LogP contribution >= 0.6 is 0 Å². The van der Waals surface area contributed by atoms with Crippen LogP contribution in [0.5, 0.6) is 0 Å². The average Bonchev–Trinajstić information content (AvgIpc) is 3.14. The predicted molar refractivity (Wildman–Crippen MR) is 147 cm³/mol. The molecular formula is C30H43FN2O10. The molecule has 13 heteroatoms. The molecule has 8 atom stereocenters. The van der Waals surface area contributed by atoms with Gasteiger partial charge in [0.1, 0.15) is 12.1 Å². The number of Topliss-reactive ketones (excluding diaryl/α,β-unsaturated/α-hetero) is 1. The lowest BCUT2D eigenvalue weighted by Crippen LogP contribution is -2.69. The number of hydrogen-bond donors (Lipinski definition) is 5. The number of allylic oxidation sites excluding steroid dienone is 4. The summed E-state index contributed by atoms with van der Waals surface area (Å²) < 4.78 is 22.4. The summed E-state index contributed by atoms with van der Waals surface area (Å²) in [6, 6.07) is 0. The smallest absolute Gasteiger partial charge is 0.325 e. The maximum absolute atomic E-state index is 17.3. The van der Waals surface area contributed by atoms with Gasteiger partial charge in [-0.05, 0) is 69.4 Å². The number of aliphatic hydroxyl groups excluding tert-OH is 1. The number of carbonyl (C=O) groups is 4. The quantitative estimate of drug-likeness (QED) is 0.124. The van der Waals surface area contributed by atoms with E-state index < -0.39 is 76.8 Å². The largest absolute Gasteiger partial charge is 0.456 e. The van der Waals surface area contributed by atoms with Crippen molar-refractivity contribution in [3.63, 3.8) is 0 Å². The van der Waals surface area contributed by atoms with Gasteiger partial charge in [-0.15, -0.1) is 0 Å². The zero-order valence-electron chi connectivity index (χ0n) is 24.9. The van der Waals surface area contributed by atoms with Gasteiger partial charge in [0, 0.05) is 23.2 Å². The molecule has 3 fully saturated rings. The van der Waals surface area contributed by atoms with Crippen molar-refractivity contribution in [2.24, 2.45) is 28.6 Å². The van der Waals surface area contributed by atoms with Gasteiger partial charge in [0.15, 0.2) is 18.1 Å². The maximum atomic E-state index is 17.3. The third-order valence-corrected chi connectivity index (χ3v) is 10.7. The minimum atomic E-state index is -2.09. The first kappa shape index (κ1) is 33.3. The summed E-state index contributed by atoms with van der Waals surface area (Å²) in [6.07, 6.45) is 5.46. The molecule has 0 bridgehead atoms. The first-order valence-corrected chi connectivity index (χ1v) is 14.9. The molecule has 4 aliphatic carbocycles. The molecule has 43 heavy (non-hydrogen) atoms. The van der Waals surface area contributed by atoms with E-state index in [4.69, 9.17) is 15.2 Å². The Morgan fingerprint density at radius 2 is 1.88 bits per heavy atom. The van der Waals surface area contributed by atoms with Crippen molar-refractivity contribution in [3.8, 4) is 0 Å². The highest BCUT2D eigenvalue weighted by Crippen LogP contribution is 2.70. The van der Waals surface area contributed by atoms with Crippen molar-refractivity contribution in [1.82, 2.24) is 10.7 Å². The van der Waals surface area contributed by atoms with Gasteiger partial charge in [0.05, 0.1) is 18.1 Å². The Bertz CT molecular complexity index is 1190. The van der Waals surface area contributed by atoms with Crippen LogP contribution in [0, 0.1) is 28.6 Å². The molecule has 0 radical (unpaired) electrons. The highest BCUT2D eigenvalue weighted by molar-refractivity contribution is 6.01. The number of carbonyl (C=O) groups excluding carboxylic acids is 4. The second kappa shape index (κ2) is 12.4. The van der Waals surface area contributed by atoms with Gasteiger partial charge in [0.2, 0.25) is 11.7 Å². The van der Waals surface area contributed by atoms with Crippen LogP contribution in [0.3, 0.4) is 0 Å². The van der Waals surface area contributed by atoms with Gasteiger partial charge in [0.25, 0.3) is 0 Å². The Kier molecular flexibility index (Phi) is 9.65. The van der Waals surface area contributed by atoms with Crippen LogP contribution in [-0.2, 0) is 28.8 Å². The molecule has 0 unspecified atom stereocenters. The number of nitrogens with one attached hydrogen (secondary N) is 1. The molecule has 3 saturated carbocycles. The van der Waals surface area contributed by atoms with E-state index in [0.29, 0.717) is 44.1 Å². The number of nitrogens with zero attached hydrogens (tertiary/aromatic N) is 1. The summed E-state index contributed by atoms with van der Waals surface area (Å²) >= 11 is 0. The van der Waals surface area contributed by atoms with Crippen LogP contribution in [0.2, 0.25) is 0 Å². The number of hydrogen-bond acceptors (Lipinski definition) is 11. The summed E-state index contributed by atoms with van der Waals surface area (Å²) in [5.41, 5.74) is -5.80. The summed E-state index contributed by atoms with van der Waals surface area (Å²) in [5, 5.41) is 42.3. The predicted octanol–water partition coefficient (Wildman–Crippen LogP) is 2.14. The Balaban J connectivity index is 1.35. The molecule has 4 rings (SSSR count). The summed E-state index contributed by atoms with van der Waals surface area (Å²) in [5.74, 6) is -3.93. The molecule has 0 aromatic carbocycles. The summed E-state index contributed by atoms with van der Waals surface area (Å²) in [6.45, 7) is 3.97. The van der Waals surface area contributed by atoms with Crippen molar-refractivity contribution in [2.45, 2.75) is 89.5 Å². The number of esters is 1. The number of ketones is 2. The molecule has 0 spiro atoms. The van der Waals surface area contributed by atoms with E-state index >= 15 is 4.39 Å². The molecule has 240 valence electrons. The number of rotatable bonds is 12. The van der Waals surface area contributed by atoms with Crippen molar-refractivity contribution < 1.29 is 53.8 Å². The Labute approximate surface area is 249 Å². The van der Waals surface area contributed by atoms with Crippen molar-refractivity contribution >= 4 is 23.4 Å². The van der Waals surface area contributed by atoms with Gasteiger partial charge in [-0.2, -0.15) is 0 Å². The molecule has 12 nitrogen and oxygen atoms in total. The van der Waals surface area contributed by atoms with Crippen LogP contribution in [0.15, 0.2) is 23.8 Å². The van der Waals surface area contributed by atoms with Gasteiger partial charge in [-0.25, -0.2) is 4.39 Å². The fourth-order valence-corrected chi connectivity index (χ4v) is 8.42. The monoisotopic (exact) mass is 610 g/mol. The second-order valence-electron chi connectivity index (χ2n) is 12.9. The first-order valence-electron chi connectivity index (χ1n) is 14.9. The number of ether oxygens (including phenoxy) is 1. The molecule has 1 amide bonds. The molecule has 0 aromatic rings. The van der Waals surface area contributed by atoms with E-state index in [-0.39, 0.29) is 30.6 Å². The topological polar surface area (TPSA) is 183 Å². The maximum Gasteiger partial charge on any atom is 0.325 e. The highest BCUT2D eigenvalue weighted by Gasteiger charge is 2.75. The summed E-state index contributed by atoms with van der Waals surface area (Å²) in [7, 11) is 0. The van der Waals surface area contributed by atoms with Gasteiger partial charge >= 0.3 is 5.97 Å². The SMILES string of the molecule is C[C@H]1C[C@H]2[C@@H]3CCC4=CC(=O)C=C[C@]4(C)[C@@]3(F)[C@@H](O)C[C@]2(C)[C@@]1(O)C(=O)COC(=O)CNC(=O)CCCCCON(O)O. The highest BCUT2D eigenvalue weighted by atomic mass is 19.1. The lowest BCUT2D eigenvalue weighted by Gasteiger charge is -2.62. The van der Waals surface area contributed by atoms with Crippen LogP contribution in [0.4, 0.5) is 4.39 Å². The third-order valence-electron chi connectivity index (χ3n) is 10.7. The average molecular weight is 611 g/mol. The normalized spacial score (nSPS) is 38.2. The van der Waals surface area contributed by atoms with E-state index in [9.17, 15) is 29.4 Å². The number of alkyl halides is 1. The number of halogens is 1. The summed E-state index contributed by atoms with van der Waals surface area (Å²) in [4.78, 5) is 54.3. The van der Waals surface area contributed by atoms with E-state index in [0.717, 1.165) is 0 Å². The van der Waals surface area contributed by atoms with Gasteiger partial charge < -0.3 is 20.3 Å². The van der Waals surface area contributed by atoms with Gasteiger partial charge in [-0.1, -0.05) is 31.9 Å². The van der Waals surface area contributed by atoms with Crippen molar-refractivity contribution in [1.29, 1.82) is 0 Å². The molecule has 0 heterocycles. The van der Waals surface area contributed by atoms with Crippen LogP contribution in [-0.4, -0.2) is 86.6 Å². The van der Waals surface area contributed by atoms with Crippen LogP contribution in [0.1, 0.15) is 72.1 Å². The molecule has 0 aliphatic heterocycles. The molecular weight excluding hydrogens is 567 g/mol. The Morgan fingerprint density at radius 1 is 1.16 bits per heavy atom. The van der Waals surface area contributed by atoms with E-state index in [1.807, 2.05) is 0 Å². The van der Waals surface area contributed by atoms with E-state index in [1.165, 1.54) is 12.2 Å². The third kappa shape index (κ3) is 5.71. The van der Waals surface area contributed by atoms with Crippen molar-refractivity contribution in [2.75, 3.05) is 19.8 Å². The minimum Gasteiger partial charge on any atom is -0.456 e. The van der Waals surface area contributed by atoms with Crippen molar-refractivity contribution in [3.05, 3.63) is 23.8 Å². The molecule has 0 saturated heterocycles. The number of unbranched alkanes of at least 4 members (excludes halogenated alkanes) is 2. The number of aliphatic hydroxyl groups is 2. The fraction of sp³-hybridized carbons (Fsp3) is 0.733. The molecule has 0 aromatic heterocycles. The lowest BCUT2D eigenvalue weighted by atomic mass is 9.44. The molecule has 5 N–H and O–H groups in total. The zero-order chi connectivity index (χ0) is 31.8. The van der Waals surface area contributed by atoms with Gasteiger partial charge in [-0.3, -0.25) is 34.4 Å². The zero-order valence-corrected chi connectivity index (χ0v) is 24.9. The molecule has 4 aliphatic rings. The van der Waals surface area contributed by atoms with Crippen LogP contribution in [0.25, 0.3) is 0 Å². The van der Waals surface area contributed by atoms with Crippen LogP contribution < -0.4 is 5.32 Å². The number of fused-ring (bicyclic) bond motifs is 5. The first-order chi connectivity index (χ1) is 20.1. The fourth-order valence-electron chi connectivity index (χ4n) is 8.42. The number of amides is 1. The Morgan fingerprint density at radius 3 is 2.58 bits per heavy atom. The Hall–Kier alpha value is -2.55. The standard InChI is InChI=1S/C30H43FN2O10/c1-18-13-22-21-9-8-19-14-20(34)10-11-27(19,2)29(21,31)23(35)15-28(22,3)30(18,39)24(36)17-42-26(38)16-32-25(37)7-5-4-6-12-43-33(40)41/h10-11,14,18,21-23,35,39-41H,4-9,12-13,15-17H2,1-3H3,(H,32,37)/t18-,21-,22-,23-,27-,28-,29-,30-/m0/s1. The lowest BCUT2D eigenvalue weighted by molar-refractivity contribution is -0.492. The minimum absolute atomic E-state index is 0.0607. The second-order valence-corrected chi connectivity index (χ2v) is 12.9.